The van der Waals surface area contributed by atoms with Crippen LogP contribution >= 0.6 is 11.6 Å². The summed E-state index contributed by atoms with van der Waals surface area (Å²) in [5.41, 5.74) is 1.17. The molecule has 1 aliphatic rings. The van der Waals surface area contributed by atoms with E-state index >= 15 is 0 Å². The van der Waals surface area contributed by atoms with Crippen LogP contribution in [0.5, 0.6) is 0 Å². The van der Waals surface area contributed by atoms with E-state index in [1.807, 2.05) is 36.9 Å². The largest absolute Gasteiger partial charge is 0.371 e. The molecule has 0 bridgehead atoms. The van der Waals surface area contributed by atoms with Crippen LogP contribution in [0.3, 0.4) is 0 Å². The van der Waals surface area contributed by atoms with Crippen LogP contribution in [0.2, 0.25) is 5.02 Å². The van der Waals surface area contributed by atoms with E-state index in [9.17, 15) is 0 Å². The molecule has 0 radical (unpaired) electrons. The summed E-state index contributed by atoms with van der Waals surface area (Å²) in [4.78, 5) is 6.53. The van der Waals surface area contributed by atoms with E-state index in [4.69, 9.17) is 16.3 Å². The van der Waals surface area contributed by atoms with E-state index in [-0.39, 0.29) is 6.10 Å². The number of ether oxygens (including phenoxy) is 1. The van der Waals surface area contributed by atoms with Crippen molar-refractivity contribution in [2.75, 3.05) is 26.2 Å². The lowest BCUT2D eigenvalue weighted by Gasteiger charge is -2.33. The fraction of sp³-hybridized carbons (Fsp3) is 0.438. The first-order chi connectivity index (χ1) is 10.3. The number of halogens is 1. The number of morpholine rings is 1. The van der Waals surface area contributed by atoms with Gasteiger partial charge in [0.15, 0.2) is 0 Å². The highest BCUT2D eigenvalue weighted by molar-refractivity contribution is 6.30. The van der Waals surface area contributed by atoms with Gasteiger partial charge in [-0.3, -0.25) is 4.90 Å². The number of aromatic nitrogens is 2. The predicted octanol–water partition coefficient (Wildman–Crippen LogP) is 3.00. The Morgan fingerprint density at radius 3 is 3.10 bits per heavy atom. The van der Waals surface area contributed by atoms with E-state index in [0.29, 0.717) is 0 Å². The smallest absolute Gasteiger partial charge is 0.0952 e. The van der Waals surface area contributed by atoms with Crippen molar-refractivity contribution < 1.29 is 4.74 Å². The Kier molecular flexibility index (Phi) is 4.91. The molecular weight excluding hydrogens is 286 g/mol. The van der Waals surface area contributed by atoms with Gasteiger partial charge in [-0.05, 0) is 24.1 Å². The second kappa shape index (κ2) is 7.07. The van der Waals surface area contributed by atoms with Crippen molar-refractivity contribution in [3.05, 3.63) is 53.6 Å². The molecule has 5 heteroatoms. The van der Waals surface area contributed by atoms with Gasteiger partial charge < -0.3 is 9.30 Å². The first kappa shape index (κ1) is 14.6. The molecule has 1 fully saturated rings. The minimum atomic E-state index is 0.130. The van der Waals surface area contributed by atoms with Gasteiger partial charge >= 0.3 is 0 Å². The minimum absolute atomic E-state index is 0.130. The fourth-order valence-corrected chi connectivity index (χ4v) is 2.91. The maximum Gasteiger partial charge on any atom is 0.0952 e. The highest BCUT2D eigenvalue weighted by atomic mass is 35.5. The third-order valence-corrected chi connectivity index (χ3v) is 4.06. The van der Waals surface area contributed by atoms with E-state index in [0.717, 1.165) is 44.2 Å². The minimum Gasteiger partial charge on any atom is -0.371 e. The van der Waals surface area contributed by atoms with Gasteiger partial charge in [-0.25, -0.2) is 4.98 Å². The summed E-state index contributed by atoms with van der Waals surface area (Å²) < 4.78 is 8.01. The van der Waals surface area contributed by atoms with Crippen LogP contribution in [-0.4, -0.2) is 40.7 Å². The quantitative estimate of drug-likeness (QED) is 0.850. The van der Waals surface area contributed by atoms with Gasteiger partial charge in [0.05, 0.1) is 19.0 Å². The van der Waals surface area contributed by atoms with Crippen molar-refractivity contribution in [3.63, 3.8) is 0 Å². The molecule has 21 heavy (non-hydrogen) atoms. The number of rotatable bonds is 5. The van der Waals surface area contributed by atoms with Crippen LogP contribution in [0.25, 0.3) is 0 Å². The third kappa shape index (κ3) is 4.06. The van der Waals surface area contributed by atoms with Gasteiger partial charge in [0.25, 0.3) is 0 Å². The Labute approximate surface area is 130 Å². The maximum atomic E-state index is 6.06. The average molecular weight is 306 g/mol. The van der Waals surface area contributed by atoms with Crippen molar-refractivity contribution in [2.45, 2.75) is 19.1 Å². The van der Waals surface area contributed by atoms with Crippen molar-refractivity contribution in [1.29, 1.82) is 0 Å². The number of aryl methyl sites for hydroxylation is 1. The Morgan fingerprint density at radius 2 is 2.29 bits per heavy atom. The first-order valence-electron chi connectivity index (χ1n) is 7.36. The molecule has 1 aromatic heterocycles. The number of benzene rings is 1. The molecular formula is C16H20ClN3O. The second-order valence-electron chi connectivity index (χ2n) is 5.37. The van der Waals surface area contributed by atoms with Crippen LogP contribution in [0.15, 0.2) is 43.0 Å². The van der Waals surface area contributed by atoms with Crippen LogP contribution in [-0.2, 0) is 11.3 Å². The summed E-state index contributed by atoms with van der Waals surface area (Å²) in [6, 6.07) is 7.97. The number of imidazole rings is 1. The van der Waals surface area contributed by atoms with E-state index in [1.54, 1.807) is 0 Å². The van der Waals surface area contributed by atoms with Gasteiger partial charge in [-0.15, -0.1) is 0 Å². The monoisotopic (exact) mass is 305 g/mol. The van der Waals surface area contributed by atoms with Crippen molar-refractivity contribution in [2.24, 2.45) is 0 Å². The maximum absolute atomic E-state index is 6.06. The molecule has 0 unspecified atom stereocenters. The van der Waals surface area contributed by atoms with Crippen LogP contribution < -0.4 is 0 Å². The lowest BCUT2D eigenvalue weighted by atomic mass is 10.1. The summed E-state index contributed by atoms with van der Waals surface area (Å²) in [5, 5.41) is 0.772. The van der Waals surface area contributed by atoms with Crippen molar-refractivity contribution >= 4 is 11.6 Å². The molecule has 1 atom stereocenters. The lowest BCUT2D eigenvalue weighted by Crippen LogP contribution is -2.39. The summed E-state index contributed by atoms with van der Waals surface area (Å²) in [6.45, 7) is 4.81. The summed E-state index contributed by atoms with van der Waals surface area (Å²) in [6.07, 6.45) is 6.95. The average Bonchev–Trinajstić information content (AvgIpc) is 3.01. The molecule has 1 saturated heterocycles. The molecule has 1 aromatic carbocycles. The topological polar surface area (TPSA) is 30.3 Å². The number of hydrogen-bond donors (Lipinski definition) is 0. The van der Waals surface area contributed by atoms with Crippen LogP contribution in [0.1, 0.15) is 18.1 Å². The first-order valence-corrected chi connectivity index (χ1v) is 7.74. The van der Waals surface area contributed by atoms with Gasteiger partial charge in [0, 0.05) is 43.6 Å². The van der Waals surface area contributed by atoms with Crippen LogP contribution in [0, 0.1) is 0 Å². The Bertz CT molecular complexity index is 558. The zero-order chi connectivity index (χ0) is 14.5. The summed E-state index contributed by atoms with van der Waals surface area (Å²) in [7, 11) is 0. The summed E-state index contributed by atoms with van der Waals surface area (Å²) >= 11 is 6.06. The highest BCUT2D eigenvalue weighted by Gasteiger charge is 2.21. The van der Waals surface area contributed by atoms with Crippen molar-refractivity contribution in [1.82, 2.24) is 14.5 Å². The SMILES string of the molecule is Clc1cccc([C@H]2CN(CCCn3ccnc3)CCO2)c1. The molecule has 3 rings (SSSR count). The normalized spacial score (nSPS) is 19.8. The molecule has 2 aromatic rings. The number of nitrogens with zero attached hydrogens (tertiary/aromatic N) is 3. The number of hydrogen-bond acceptors (Lipinski definition) is 3. The fourth-order valence-electron chi connectivity index (χ4n) is 2.71. The van der Waals surface area contributed by atoms with Gasteiger partial charge in [-0.2, -0.15) is 0 Å². The van der Waals surface area contributed by atoms with E-state index in [1.165, 1.54) is 5.56 Å². The Hall–Kier alpha value is -1.36. The zero-order valence-electron chi connectivity index (χ0n) is 12.0. The Morgan fingerprint density at radius 1 is 1.33 bits per heavy atom. The molecule has 4 nitrogen and oxygen atoms in total. The van der Waals surface area contributed by atoms with Crippen LogP contribution in [0.4, 0.5) is 0 Å². The molecule has 0 spiro atoms. The standard InChI is InChI=1S/C16H20ClN3O/c17-15-4-1-3-14(11-15)16-12-19(9-10-21-16)6-2-7-20-8-5-18-13-20/h1,3-5,8,11,13,16H,2,6-7,9-10,12H2/t16-/m1/s1. The summed E-state index contributed by atoms with van der Waals surface area (Å²) in [5.74, 6) is 0. The molecule has 0 N–H and O–H groups in total. The lowest BCUT2D eigenvalue weighted by molar-refractivity contribution is -0.0304. The molecule has 2 heterocycles. The van der Waals surface area contributed by atoms with Gasteiger partial charge in [-0.1, -0.05) is 23.7 Å². The molecule has 0 saturated carbocycles. The molecule has 112 valence electrons. The van der Waals surface area contributed by atoms with Crippen molar-refractivity contribution in [3.8, 4) is 0 Å². The predicted molar refractivity (Wildman–Crippen MR) is 83.4 cm³/mol. The van der Waals surface area contributed by atoms with E-state index in [2.05, 4.69) is 20.5 Å². The third-order valence-electron chi connectivity index (χ3n) is 3.82. The molecule has 0 aliphatic carbocycles. The molecule has 0 amide bonds. The van der Waals surface area contributed by atoms with E-state index < -0.39 is 0 Å². The highest BCUT2D eigenvalue weighted by Crippen LogP contribution is 2.24. The Balaban J connectivity index is 1.51. The zero-order valence-corrected chi connectivity index (χ0v) is 12.7. The molecule has 1 aliphatic heterocycles. The van der Waals surface area contributed by atoms with Gasteiger partial charge in [0.2, 0.25) is 0 Å². The van der Waals surface area contributed by atoms with Gasteiger partial charge in [0.1, 0.15) is 0 Å². The second-order valence-corrected chi connectivity index (χ2v) is 5.81.